The van der Waals surface area contributed by atoms with Crippen LogP contribution in [0.5, 0.6) is 0 Å². The molecule has 2 rings (SSSR count). The molecule has 0 spiro atoms. The molecule has 0 fully saturated rings. The highest BCUT2D eigenvalue weighted by molar-refractivity contribution is 6.02. The van der Waals surface area contributed by atoms with Crippen molar-refractivity contribution >= 4 is 11.6 Å². The van der Waals surface area contributed by atoms with Crippen LogP contribution >= 0.6 is 0 Å². The SMILES string of the molecule is Cc1ncc(C(=O)Nc2cccc(C#N)c2)[nH]1. The first-order valence-electron chi connectivity index (χ1n) is 5.02. The highest BCUT2D eigenvalue weighted by atomic mass is 16.1. The number of aromatic amines is 1. The Kier molecular flexibility index (Phi) is 2.88. The predicted octanol–water partition coefficient (Wildman–Crippen LogP) is 1.84. The number of amides is 1. The van der Waals surface area contributed by atoms with E-state index in [0.717, 1.165) is 0 Å². The Hall–Kier alpha value is -2.61. The summed E-state index contributed by atoms with van der Waals surface area (Å²) < 4.78 is 0. The molecular weight excluding hydrogens is 216 g/mol. The zero-order valence-electron chi connectivity index (χ0n) is 9.19. The van der Waals surface area contributed by atoms with Crippen LogP contribution in [0.1, 0.15) is 21.9 Å². The fraction of sp³-hybridized carbons (Fsp3) is 0.0833. The third-order valence-corrected chi connectivity index (χ3v) is 2.20. The lowest BCUT2D eigenvalue weighted by molar-refractivity contribution is 0.102. The Balaban J connectivity index is 2.16. The first kappa shape index (κ1) is 10.9. The second-order valence-electron chi connectivity index (χ2n) is 3.53. The Morgan fingerprint density at radius 3 is 3.00 bits per heavy atom. The van der Waals surface area contributed by atoms with E-state index in [9.17, 15) is 4.79 Å². The summed E-state index contributed by atoms with van der Waals surface area (Å²) in [6.45, 7) is 1.77. The van der Waals surface area contributed by atoms with Gasteiger partial charge in [-0.25, -0.2) is 4.98 Å². The van der Waals surface area contributed by atoms with E-state index in [1.54, 1.807) is 31.2 Å². The van der Waals surface area contributed by atoms with Gasteiger partial charge in [-0.3, -0.25) is 4.79 Å². The van der Waals surface area contributed by atoms with Gasteiger partial charge in [0.05, 0.1) is 17.8 Å². The minimum atomic E-state index is -0.277. The van der Waals surface area contributed by atoms with Gasteiger partial charge < -0.3 is 10.3 Å². The number of nitriles is 1. The molecule has 2 N–H and O–H groups in total. The van der Waals surface area contributed by atoms with Gasteiger partial charge in [0.25, 0.3) is 5.91 Å². The van der Waals surface area contributed by atoms with Gasteiger partial charge in [0, 0.05) is 5.69 Å². The average molecular weight is 226 g/mol. The molecule has 0 atom stereocenters. The van der Waals surface area contributed by atoms with Crippen LogP contribution in [0, 0.1) is 18.3 Å². The molecule has 1 amide bonds. The molecule has 17 heavy (non-hydrogen) atoms. The van der Waals surface area contributed by atoms with Crippen molar-refractivity contribution in [2.24, 2.45) is 0 Å². The molecular formula is C12H10N4O. The standard InChI is InChI=1S/C12H10N4O/c1-8-14-7-11(15-8)12(17)16-10-4-2-3-9(5-10)6-13/h2-5,7H,1H3,(H,14,15)(H,16,17). The van der Waals surface area contributed by atoms with E-state index in [0.29, 0.717) is 22.8 Å². The molecule has 0 aliphatic heterocycles. The van der Waals surface area contributed by atoms with Crippen LogP contribution < -0.4 is 5.32 Å². The summed E-state index contributed by atoms with van der Waals surface area (Å²) in [6.07, 6.45) is 1.47. The Bertz CT molecular complexity index is 595. The zero-order chi connectivity index (χ0) is 12.3. The molecule has 0 unspecified atom stereocenters. The van der Waals surface area contributed by atoms with Gasteiger partial charge in [-0.1, -0.05) is 6.07 Å². The van der Waals surface area contributed by atoms with Crippen molar-refractivity contribution in [2.75, 3.05) is 5.32 Å². The van der Waals surface area contributed by atoms with Gasteiger partial charge in [0.1, 0.15) is 11.5 Å². The third-order valence-electron chi connectivity index (χ3n) is 2.20. The Labute approximate surface area is 98.1 Å². The number of carbonyl (C=O) groups is 1. The van der Waals surface area contributed by atoms with Crippen molar-refractivity contribution in [3.8, 4) is 6.07 Å². The number of nitrogens with zero attached hydrogens (tertiary/aromatic N) is 2. The topological polar surface area (TPSA) is 81.6 Å². The summed E-state index contributed by atoms with van der Waals surface area (Å²) in [7, 11) is 0. The fourth-order valence-electron chi connectivity index (χ4n) is 1.40. The smallest absolute Gasteiger partial charge is 0.273 e. The number of aromatic nitrogens is 2. The average Bonchev–Trinajstić information content (AvgIpc) is 2.76. The summed E-state index contributed by atoms with van der Waals surface area (Å²) >= 11 is 0. The Morgan fingerprint density at radius 2 is 2.35 bits per heavy atom. The van der Waals surface area contributed by atoms with E-state index in [1.807, 2.05) is 6.07 Å². The number of imidazole rings is 1. The number of aryl methyl sites for hydroxylation is 1. The second kappa shape index (κ2) is 4.49. The van der Waals surface area contributed by atoms with Crippen molar-refractivity contribution in [1.29, 1.82) is 5.26 Å². The second-order valence-corrected chi connectivity index (χ2v) is 3.53. The molecule has 0 aliphatic carbocycles. The Morgan fingerprint density at radius 1 is 1.53 bits per heavy atom. The first-order chi connectivity index (χ1) is 8.19. The van der Waals surface area contributed by atoms with E-state index < -0.39 is 0 Å². The minimum Gasteiger partial charge on any atom is -0.338 e. The molecule has 0 saturated heterocycles. The predicted molar refractivity (Wildman–Crippen MR) is 62.4 cm³/mol. The van der Waals surface area contributed by atoms with Crippen LogP contribution in [-0.2, 0) is 0 Å². The molecule has 5 nitrogen and oxygen atoms in total. The van der Waals surface area contributed by atoms with Crippen molar-refractivity contribution in [1.82, 2.24) is 9.97 Å². The van der Waals surface area contributed by atoms with Gasteiger partial charge in [-0.15, -0.1) is 0 Å². The largest absolute Gasteiger partial charge is 0.338 e. The molecule has 0 bridgehead atoms. The van der Waals surface area contributed by atoms with E-state index in [2.05, 4.69) is 15.3 Å². The van der Waals surface area contributed by atoms with Crippen LogP contribution in [-0.4, -0.2) is 15.9 Å². The van der Waals surface area contributed by atoms with E-state index in [1.165, 1.54) is 6.20 Å². The van der Waals surface area contributed by atoms with Gasteiger partial charge in [-0.05, 0) is 25.1 Å². The monoisotopic (exact) mass is 226 g/mol. The molecule has 0 saturated carbocycles. The molecule has 1 aromatic carbocycles. The minimum absolute atomic E-state index is 0.277. The summed E-state index contributed by atoms with van der Waals surface area (Å²) in [5.74, 6) is 0.404. The molecule has 0 aliphatic rings. The highest BCUT2D eigenvalue weighted by Crippen LogP contribution is 2.11. The summed E-state index contributed by atoms with van der Waals surface area (Å²) in [5, 5.41) is 11.4. The third kappa shape index (κ3) is 2.49. The van der Waals surface area contributed by atoms with Crippen molar-refractivity contribution in [3.05, 3.63) is 47.5 Å². The number of carbonyl (C=O) groups excluding carboxylic acids is 1. The first-order valence-corrected chi connectivity index (χ1v) is 5.02. The lowest BCUT2D eigenvalue weighted by atomic mass is 10.2. The number of anilines is 1. The molecule has 0 radical (unpaired) electrons. The lowest BCUT2D eigenvalue weighted by Gasteiger charge is -2.03. The lowest BCUT2D eigenvalue weighted by Crippen LogP contribution is -2.12. The molecule has 5 heteroatoms. The van der Waals surface area contributed by atoms with E-state index in [-0.39, 0.29) is 5.91 Å². The molecule has 84 valence electrons. The van der Waals surface area contributed by atoms with Crippen molar-refractivity contribution in [2.45, 2.75) is 6.92 Å². The quantitative estimate of drug-likeness (QED) is 0.819. The number of rotatable bonds is 2. The van der Waals surface area contributed by atoms with Crippen molar-refractivity contribution < 1.29 is 4.79 Å². The summed E-state index contributed by atoms with van der Waals surface area (Å²) in [4.78, 5) is 18.5. The van der Waals surface area contributed by atoms with Crippen LogP contribution in [0.25, 0.3) is 0 Å². The number of benzene rings is 1. The van der Waals surface area contributed by atoms with Crippen LogP contribution in [0.2, 0.25) is 0 Å². The normalized spacial score (nSPS) is 9.65. The zero-order valence-corrected chi connectivity index (χ0v) is 9.19. The van der Waals surface area contributed by atoms with E-state index >= 15 is 0 Å². The number of H-pyrrole nitrogens is 1. The maximum Gasteiger partial charge on any atom is 0.273 e. The summed E-state index contributed by atoms with van der Waals surface area (Å²) in [5.41, 5.74) is 1.48. The van der Waals surface area contributed by atoms with Crippen LogP contribution in [0.4, 0.5) is 5.69 Å². The van der Waals surface area contributed by atoms with Gasteiger partial charge in [0.15, 0.2) is 0 Å². The molecule has 1 aromatic heterocycles. The van der Waals surface area contributed by atoms with E-state index in [4.69, 9.17) is 5.26 Å². The van der Waals surface area contributed by atoms with Crippen LogP contribution in [0.15, 0.2) is 30.5 Å². The van der Waals surface area contributed by atoms with Crippen LogP contribution in [0.3, 0.4) is 0 Å². The van der Waals surface area contributed by atoms with Gasteiger partial charge >= 0.3 is 0 Å². The summed E-state index contributed by atoms with van der Waals surface area (Å²) in [6, 6.07) is 8.74. The maximum absolute atomic E-state index is 11.8. The fourth-order valence-corrected chi connectivity index (χ4v) is 1.40. The number of hydrogen-bond acceptors (Lipinski definition) is 3. The van der Waals surface area contributed by atoms with Gasteiger partial charge in [0.2, 0.25) is 0 Å². The van der Waals surface area contributed by atoms with Gasteiger partial charge in [-0.2, -0.15) is 5.26 Å². The highest BCUT2D eigenvalue weighted by Gasteiger charge is 2.08. The molecule has 1 heterocycles. The number of hydrogen-bond donors (Lipinski definition) is 2. The number of nitrogens with one attached hydrogen (secondary N) is 2. The maximum atomic E-state index is 11.8. The van der Waals surface area contributed by atoms with Crippen molar-refractivity contribution in [3.63, 3.8) is 0 Å². The molecule has 2 aromatic rings.